The average Bonchev–Trinajstić information content (AvgIpc) is 3.47. The molecule has 7 rings (SSSR count). The Balaban J connectivity index is 1.07. The van der Waals surface area contributed by atoms with Crippen LogP contribution in [0.5, 0.6) is 0 Å². The third-order valence-corrected chi connectivity index (χ3v) is 12.2. The maximum atomic E-state index is 13.9. The van der Waals surface area contributed by atoms with E-state index >= 15 is 0 Å². The zero-order chi connectivity index (χ0) is 41.0. The van der Waals surface area contributed by atoms with Crippen LogP contribution in [0.25, 0.3) is 0 Å². The molecule has 0 spiro atoms. The first-order valence-electron chi connectivity index (χ1n) is 20.9. The number of benzene rings is 3. The number of ether oxygens (including phenoxy) is 3. The average molecular weight is 795 g/mol. The third kappa shape index (κ3) is 9.80. The largest absolute Gasteiger partial charge is 0.445 e. The molecule has 3 aromatic carbocycles. The van der Waals surface area contributed by atoms with Crippen LogP contribution in [0, 0.1) is 11.8 Å². The van der Waals surface area contributed by atoms with Crippen molar-refractivity contribution in [1.82, 2.24) is 20.4 Å². The molecule has 0 aromatic heterocycles. The number of rotatable bonds is 11. The zero-order valence-electron chi connectivity index (χ0n) is 34.1. The first kappa shape index (κ1) is 41.5. The molecule has 1 unspecified atom stereocenters. The fourth-order valence-electron chi connectivity index (χ4n) is 9.10. The molecule has 4 amide bonds. The van der Waals surface area contributed by atoms with Gasteiger partial charge in [-0.05, 0) is 74.6 Å². The molecule has 12 heteroatoms. The Bertz CT molecular complexity index is 1900. The first-order valence-corrected chi connectivity index (χ1v) is 20.9. The fourth-order valence-corrected chi connectivity index (χ4v) is 9.10. The number of alkyl carbamates (subject to hydrolysis) is 1. The number of hydrogen-bond acceptors (Lipinski definition) is 9. The van der Waals surface area contributed by atoms with Gasteiger partial charge in [0, 0.05) is 29.6 Å². The normalized spacial score (nSPS) is 27.8. The van der Waals surface area contributed by atoms with Crippen LogP contribution in [0.4, 0.5) is 4.79 Å². The number of nitrogens with zero attached hydrogens (tertiary/aromatic N) is 2. The lowest BCUT2D eigenvalue weighted by molar-refractivity contribution is -0.278. The summed E-state index contributed by atoms with van der Waals surface area (Å²) in [4.78, 5) is 56.2. The van der Waals surface area contributed by atoms with Crippen LogP contribution in [0.1, 0.15) is 113 Å². The molecule has 0 bridgehead atoms. The van der Waals surface area contributed by atoms with Gasteiger partial charge in [-0.25, -0.2) is 4.79 Å². The maximum absolute atomic E-state index is 13.9. The van der Waals surface area contributed by atoms with Crippen molar-refractivity contribution in [3.8, 4) is 0 Å². The van der Waals surface area contributed by atoms with Gasteiger partial charge in [-0.2, -0.15) is 0 Å². The number of amides is 4. The number of carbonyl (C=O) groups is 4. The molecule has 12 nitrogen and oxygen atoms in total. The fraction of sp³-hybridized carbons (Fsp3) is 0.522. The van der Waals surface area contributed by atoms with E-state index in [4.69, 9.17) is 14.2 Å². The van der Waals surface area contributed by atoms with Gasteiger partial charge in [0.2, 0.25) is 11.8 Å². The molecular weight excluding hydrogens is 737 g/mol. The highest BCUT2D eigenvalue weighted by Crippen LogP contribution is 2.44. The summed E-state index contributed by atoms with van der Waals surface area (Å²) in [6.07, 6.45) is 4.27. The van der Waals surface area contributed by atoms with Crippen molar-refractivity contribution in [3.05, 3.63) is 107 Å². The minimum Gasteiger partial charge on any atom is -0.445 e. The van der Waals surface area contributed by atoms with E-state index in [1.54, 1.807) is 0 Å². The van der Waals surface area contributed by atoms with E-state index < -0.39 is 24.3 Å². The molecule has 1 saturated carbocycles. The van der Waals surface area contributed by atoms with Crippen LogP contribution in [-0.4, -0.2) is 75.0 Å². The van der Waals surface area contributed by atoms with Crippen molar-refractivity contribution in [3.63, 3.8) is 0 Å². The number of aliphatic hydroxyl groups is 1. The van der Waals surface area contributed by atoms with E-state index in [0.717, 1.165) is 58.4 Å². The quantitative estimate of drug-likeness (QED) is 0.186. The lowest BCUT2D eigenvalue weighted by Gasteiger charge is -2.51. The summed E-state index contributed by atoms with van der Waals surface area (Å²) < 4.78 is 18.9. The number of fused-ring (bicyclic) bond motifs is 1. The van der Waals surface area contributed by atoms with Crippen LogP contribution in [0.3, 0.4) is 0 Å². The molecule has 0 radical (unpaired) electrons. The summed E-state index contributed by atoms with van der Waals surface area (Å²) >= 11 is 0. The van der Waals surface area contributed by atoms with Gasteiger partial charge in [-0.3, -0.25) is 24.2 Å². The molecule has 3 aliphatic heterocycles. The minimum absolute atomic E-state index is 0.0509. The Hall–Kier alpha value is -4.62. The van der Waals surface area contributed by atoms with E-state index in [-0.39, 0.29) is 67.7 Å². The van der Waals surface area contributed by atoms with E-state index in [0.29, 0.717) is 18.5 Å². The molecule has 3 aromatic rings. The number of nitrogens with one attached hydrogen (secondary N) is 2. The Labute approximate surface area is 341 Å². The monoisotopic (exact) mass is 794 g/mol. The number of carbonyl (C=O) groups excluding carboxylic acids is 4. The highest BCUT2D eigenvalue weighted by molar-refractivity contribution is 6.06. The van der Waals surface area contributed by atoms with Gasteiger partial charge >= 0.3 is 6.09 Å². The van der Waals surface area contributed by atoms with Crippen molar-refractivity contribution < 1.29 is 38.5 Å². The van der Waals surface area contributed by atoms with Gasteiger partial charge in [-0.1, -0.05) is 98.6 Å². The molecule has 58 heavy (non-hydrogen) atoms. The predicted molar refractivity (Wildman–Crippen MR) is 217 cm³/mol. The summed E-state index contributed by atoms with van der Waals surface area (Å²) in [5.74, 6) is -0.291. The van der Waals surface area contributed by atoms with Crippen molar-refractivity contribution in [2.45, 2.75) is 135 Å². The Kier molecular flexibility index (Phi) is 13.0. The van der Waals surface area contributed by atoms with Crippen LogP contribution in [0.2, 0.25) is 0 Å². The van der Waals surface area contributed by atoms with E-state index in [2.05, 4.69) is 22.5 Å². The smallest absolute Gasteiger partial charge is 0.408 e. The van der Waals surface area contributed by atoms with Crippen LogP contribution in [-0.2, 0) is 48.4 Å². The number of aliphatic hydroxyl groups excluding tert-OH is 1. The summed E-state index contributed by atoms with van der Waals surface area (Å²) in [5, 5.41) is 15.5. The lowest BCUT2D eigenvalue weighted by Crippen LogP contribution is -2.61. The standard InChI is InChI=1S/C46H58N4O8/c1-29-39(26-49-37-13-9-8-12-33(37)22-23-38(49)42(53)48-46(2,3)4)57-44(58-41(29)34-18-16-31(27-51)17-19-34)35-20-14-30(15-21-35)25-50-40(52)24-36(43(50)54)47-45(55)56-28-32-10-6-5-7-11-32/h5-7,10-11,14-21,29,33,36-39,41,44,51H,8-9,12-13,22-28H2,1-4H3,(H,47,55)(H,48,53)/t29-,33+,36?,37+,38+,39+,41+,44+/m0/s1. The van der Waals surface area contributed by atoms with Crippen molar-refractivity contribution in [1.29, 1.82) is 0 Å². The summed E-state index contributed by atoms with van der Waals surface area (Å²) in [5.41, 5.74) is 3.78. The van der Waals surface area contributed by atoms with Gasteiger partial charge in [0.15, 0.2) is 6.29 Å². The van der Waals surface area contributed by atoms with E-state index in [1.165, 1.54) is 12.8 Å². The number of likely N-dealkylation sites (tertiary alicyclic amines) is 2. The summed E-state index contributed by atoms with van der Waals surface area (Å²) in [7, 11) is 0. The Morgan fingerprint density at radius 2 is 1.53 bits per heavy atom. The molecule has 3 heterocycles. The highest BCUT2D eigenvalue weighted by Gasteiger charge is 2.46. The SMILES string of the molecule is C[C@H]1[C@@H](CN2[C@@H](C(=O)NC(C)(C)C)CC[C@H]3CCCC[C@H]32)O[C@@H](c2ccc(CN3C(=O)CC(NC(=O)OCc4ccccc4)C3=O)cc2)O[C@H]1c1ccc(CO)cc1. The molecule has 3 saturated heterocycles. The van der Waals surface area contributed by atoms with Crippen molar-refractivity contribution >= 4 is 23.8 Å². The first-order chi connectivity index (χ1) is 27.9. The van der Waals surface area contributed by atoms with Gasteiger partial charge in [0.05, 0.1) is 37.8 Å². The second-order valence-electron chi connectivity index (χ2n) is 17.5. The van der Waals surface area contributed by atoms with Crippen LogP contribution in [0.15, 0.2) is 78.9 Å². The third-order valence-electron chi connectivity index (χ3n) is 12.2. The highest BCUT2D eigenvalue weighted by atomic mass is 16.7. The van der Waals surface area contributed by atoms with Gasteiger partial charge in [0.1, 0.15) is 12.6 Å². The number of piperidine rings is 1. The molecule has 4 fully saturated rings. The Morgan fingerprint density at radius 3 is 2.24 bits per heavy atom. The number of hydrogen-bond donors (Lipinski definition) is 3. The van der Waals surface area contributed by atoms with Crippen LogP contribution < -0.4 is 10.6 Å². The van der Waals surface area contributed by atoms with E-state index in [1.807, 2.05) is 99.6 Å². The van der Waals surface area contributed by atoms with E-state index in [9.17, 15) is 24.3 Å². The minimum atomic E-state index is -0.996. The summed E-state index contributed by atoms with van der Waals surface area (Å²) in [6.45, 7) is 8.86. The summed E-state index contributed by atoms with van der Waals surface area (Å²) in [6, 6.07) is 23.6. The molecule has 1 aliphatic carbocycles. The zero-order valence-corrected chi connectivity index (χ0v) is 34.1. The number of imide groups is 1. The van der Waals surface area contributed by atoms with Crippen molar-refractivity contribution in [2.24, 2.45) is 11.8 Å². The molecule has 3 N–H and O–H groups in total. The maximum Gasteiger partial charge on any atom is 0.408 e. The predicted octanol–water partition coefficient (Wildman–Crippen LogP) is 6.46. The molecule has 8 atom stereocenters. The molecular formula is C46H58N4O8. The second kappa shape index (κ2) is 18.1. The van der Waals surface area contributed by atoms with Crippen LogP contribution >= 0.6 is 0 Å². The van der Waals surface area contributed by atoms with Gasteiger partial charge in [-0.15, -0.1) is 0 Å². The topological polar surface area (TPSA) is 147 Å². The van der Waals surface area contributed by atoms with Gasteiger partial charge in [0.25, 0.3) is 5.91 Å². The molecule has 4 aliphatic rings. The molecule has 310 valence electrons. The lowest BCUT2D eigenvalue weighted by atomic mass is 9.75. The Morgan fingerprint density at radius 1 is 0.845 bits per heavy atom. The van der Waals surface area contributed by atoms with Gasteiger partial charge < -0.3 is 30.0 Å². The second-order valence-corrected chi connectivity index (χ2v) is 17.5. The van der Waals surface area contributed by atoms with Crippen molar-refractivity contribution in [2.75, 3.05) is 6.54 Å².